The molecule has 1 N–H and O–H groups in total. The predicted octanol–water partition coefficient (Wildman–Crippen LogP) is 3.27. The van der Waals surface area contributed by atoms with Crippen LogP contribution in [0.2, 0.25) is 5.02 Å². The Hall–Kier alpha value is -3.06. The summed E-state index contributed by atoms with van der Waals surface area (Å²) in [5, 5.41) is 3.12. The topological polar surface area (TPSA) is 84.9 Å². The minimum Gasteiger partial charge on any atom is -0.495 e. The Morgan fingerprint density at radius 1 is 1.21 bits per heavy atom. The zero-order valence-electron chi connectivity index (χ0n) is 16.1. The molecule has 2 aromatic rings. The zero-order valence-corrected chi connectivity index (χ0v) is 16.8. The van der Waals surface area contributed by atoms with Gasteiger partial charge in [-0.1, -0.05) is 29.8 Å². The summed E-state index contributed by atoms with van der Waals surface area (Å²) >= 11 is 5.90. The largest absolute Gasteiger partial charge is 0.495 e. The Labute approximate surface area is 173 Å². The Morgan fingerprint density at radius 3 is 2.69 bits per heavy atom. The molecule has 1 aliphatic heterocycles. The number of hydrogen-bond donors (Lipinski definition) is 1. The molecular weight excluding hydrogens is 396 g/mol. The molecule has 0 bridgehead atoms. The van der Waals surface area contributed by atoms with Crippen LogP contribution in [0.1, 0.15) is 13.3 Å². The van der Waals surface area contributed by atoms with Gasteiger partial charge in [-0.25, -0.2) is 0 Å². The molecule has 1 heterocycles. The molecule has 0 saturated carbocycles. The van der Waals surface area contributed by atoms with Crippen molar-refractivity contribution in [3.05, 3.63) is 53.6 Å². The van der Waals surface area contributed by atoms with Gasteiger partial charge < -0.3 is 19.7 Å². The van der Waals surface area contributed by atoms with E-state index in [0.29, 0.717) is 22.1 Å². The van der Waals surface area contributed by atoms with Gasteiger partial charge in [0, 0.05) is 23.7 Å². The third-order valence-corrected chi connectivity index (χ3v) is 4.82. The molecule has 1 fully saturated rings. The first-order chi connectivity index (χ1) is 13.9. The quantitative estimate of drug-likeness (QED) is 0.730. The lowest BCUT2D eigenvalue weighted by Gasteiger charge is -2.20. The Morgan fingerprint density at radius 2 is 1.97 bits per heavy atom. The molecule has 1 saturated heterocycles. The molecule has 8 heteroatoms. The van der Waals surface area contributed by atoms with Crippen molar-refractivity contribution in [2.75, 3.05) is 23.9 Å². The monoisotopic (exact) mass is 416 g/mol. The van der Waals surface area contributed by atoms with Crippen molar-refractivity contribution in [2.45, 2.75) is 19.4 Å². The van der Waals surface area contributed by atoms with Crippen molar-refractivity contribution in [1.29, 1.82) is 0 Å². The number of ether oxygens (including phenoxy) is 2. The summed E-state index contributed by atoms with van der Waals surface area (Å²) < 4.78 is 10.6. The van der Waals surface area contributed by atoms with Crippen LogP contribution in [0.5, 0.6) is 5.75 Å². The van der Waals surface area contributed by atoms with E-state index in [9.17, 15) is 14.4 Å². The van der Waals surface area contributed by atoms with E-state index in [-0.39, 0.29) is 18.9 Å². The summed E-state index contributed by atoms with van der Waals surface area (Å²) in [6, 6.07) is 13.8. The van der Waals surface area contributed by atoms with Crippen molar-refractivity contribution >= 4 is 40.8 Å². The molecule has 1 aliphatic rings. The maximum Gasteiger partial charge on any atom is 0.312 e. The molecule has 0 aliphatic carbocycles. The first-order valence-corrected chi connectivity index (χ1v) is 9.47. The van der Waals surface area contributed by atoms with E-state index in [2.05, 4.69) is 5.32 Å². The molecule has 2 atom stereocenters. The number of esters is 1. The molecular formula is C21H21ClN2O5. The number of nitrogens with zero attached hydrogens (tertiary/aromatic N) is 1. The van der Waals surface area contributed by atoms with Gasteiger partial charge in [0.1, 0.15) is 5.75 Å². The van der Waals surface area contributed by atoms with E-state index in [0.717, 1.165) is 0 Å². The number of methoxy groups -OCH3 is 1. The number of anilines is 2. The molecule has 0 radical (unpaired) electrons. The fraction of sp³-hybridized carbons (Fsp3) is 0.286. The Bertz CT molecular complexity index is 933. The predicted molar refractivity (Wildman–Crippen MR) is 109 cm³/mol. The van der Waals surface area contributed by atoms with Crippen LogP contribution < -0.4 is 15.0 Å². The average molecular weight is 417 g/mol. The second-order valence-electron chi connectivity index (χ2n) is 6.66. The van der Waals surface area contributed by atoms with E-state index in [4.69, 9.17) is 21.1 Å². The van der Waals surface area contributed by atoms with Gasteiger partial charge >= 0.3 is 5.97 Å². The SMILES string of the molecule is COc1ccccc1N1C[C@@H](C(=O)O[C@H](C)C(=O)Nc2cccc(Cl)c2)CC1=O. The van der Waals surface area contributed by atoms with Gasteiger partial charge in [0.15, 0.2) is 6.10 Å². The number of hydrogen-bond acceptors (Lipinski definition) is 5. The van der Waals surface area contributed by atoms with Crippen molar-refractivity contribution in [1.82, 2.24) is 0 Å². The number of para-hydroxylation sites is 2. The van der Waals surface area contributed by atoms with Crippen molar-refractivity contribution in [3.8, 4) is 5.75 Å². The van der Waals surface area contributed by atoms with Crippen molar-refractivity contribution < 1.29 is 23.9 Å². The molecule has 152 valence electrons. The van der Waals surface area contributed by atoms with Crippen LogP contribution in [-0.4, -0.2) is 37.5 Å². The van der Waals surface area contributed by atoms with E-state index in [1.165, 1.54) is 18.9 Å². The summed E-state index contributed by atoms with van der Waals surface area (Å²) in [4.78, 5) is 38.7. The fourth-order valence-corrected chi connectivity index (χ4v) is 3.28. The number of carbonyl (C=O) groups excluding carboxylic acids is 3. The molecule has 0 aromatic heterocycles. The van der Waals surface area contributed by atoms with Crippen LogP contribution in [-0.2, 0) is 19.1 Å². The van der Waals surface area contributed by atoms with Gasteiger partial charge in [-0.15, -0.1) is 0 Å². The minimum absolute atomic E-state index is 0.0134. The molecule has 2 amide bonds. The third-order valence-electron chi connectivity index (χ3n) is 4.59. The van der Waals surface area contributed by atoms with Crippen molar-refractivity contribution in [3.63, 3.8) is 0 Å². The second kappa shape index (κ2) is 8.96. The van der Waals surface area contributed by atoms with Crippen LogP contribution in [0.15, 0.2) is 48.5 Å². The van der Waals surface area contributed by atoms with Crippen molar-refractivity contribution in [2.24, 2.45) is 5.92 Å². The van der Waals surface area contributed by atoms with Gasteiger partial charge in [0.05, 0.1) is 18.7 Å². The molecule has 2 aromatic carbocycles. The molecule has 29 heavy (non-hydrogen) atoms. The highest BCUT2D eigenvalue weighted by Crippen LogP contribution is 2.33. The van der Waals surface area contributed by atoms with E-state index in [1.54, 1.807) is 48.5 Å². The number of nitrogens with one attached hydrogen (secondary N) is 1. The molecule has 0 spiro atoms. The van der Waals surface area contributed by atoms with Crippen LogP contribution in [0, 0.1) is 5.92 Å². The molecule has 3 rings (SSSR count). The van der Waals surface area contributed by atoms with Gasteiger partial charge in [-0.3, -0.25) is 14.4 Å². The lowest BCUT2D eigenvalue weighted by Crippen LogP contribution is -2.33. The zero-order chi connectivity index (χ0) is 21.0. The third kappa shape index (κ3) is 4.86. The van der Waals surface area contributed by atoms with Gasteiger partial charge in [-0.05, 0) is 37.3 Å². The summed E-state index contributed by atoms with van der Waals surface area (Å²) in [6.07, 6.45) is -1.00. The number of rotatable bonds is 6. The summed E-state index contributed by atoms with van der Waals surface area (Å²) in [6.45, 7) is 1.65. The highest BCUT2D eigenvalue weighted by Gasteiger charge is 2.38. The van der Waals surface area contributed by atoms with E-state index >= 15 is 0 Å². The lowest BCUT2D eigenvalue weighted by atomic mass is 10.1. The summed E-state index contributed by atoms with van der Waals surface area (Å²) in [5.41, 5.74) is 1.10. The standard InChI is InChI=1S/C21H21ClN2O5/c1-13(20(26)23-16-7-5-6-15(22)11-16)29-21(27)14-10-19(25)24(12-14)17-8-3-4-9-18(17)28-2/h3-9,11,13-14H,10,12H2,1-2H3,(H,23,26)/t13-,14+/m1/s1. The Balaban J connectivity index is 1.60. The highest BCUT2D eigenvalue weighted by atomic mass is 35.5. The maximum absolute atomic E-state index is 12.5. The van der Waals surface area contributed by atoms with Crippen LogP contribution >= 0.6 is 11.6 Å². The van der Waals surface area contributed by atoms with Gasteiger partial charge in [0.25, 0.3) is 5.91 Å². The lowest BCUT2D eigenvalue weighted by molar-refractivity contribution is -0.157. The van der Waals surface area contributed by atoms with E-state index < -0.39 is 23.9 Å². The minimum atomic E-state index is -1.02. The van der Waals surface area contributed by atoms with E-state index in [1.807, 2.05) is 0 Å². The van der Waals surface area contributed by atoms with Gasteiger partial charge in [-0.2, -0.15) is 0 Å². The van der Waals surface area contributed by atoms with Crippen LogP contribution in [0.4, 0.5) is 11.4 Å². The molecule has 7 nitrogen and oxygen atoms in total. The summed E-state index contributed by atoms with van der Waals surface area (Å²) in [7, 11) is 1.52. The maximum atomic E-state index is 12.5. The first-order valence-electron chi connectivity index (χ1n) is 9.09. The number of carbonyl (C=O) groups is 3. The Kier molecular flexibility index (Phi) is 6.39. The smallest absolute Gasteiger partial charge is 0.312 e. The normalized spacial score (nSPS) is 17.0. The van der Waals surface area contributed by atoms with Crippen LogP contribution in [0.3, 0.4) is 0 Å². The fourth-order valence-electron chi connectivity index (χ4n) is 3.09. The van der Waals surface area contributed by atoms with Crippen LogP contribution in [0.25, 0.3) is 0 Å². The van der Waals surface area contributed by atoms with Gasteiger partial charge in [0.2, 0.25) is 5.91 Å². The number of amides is 2. The second-order valence-corrected chi connectivity index (χ2v) is 7.09. The average Bonchev–Trinajstić information content (AvgIpc) is 3.09. The highest BCUT2D eigenvalue weighted by molar-refractivity contribution is 6.30. The molecule has 0 unspecified atom stereocenters. The number of benzene rings is 2. The summed E-state index contributed by atoms with van der Waals surface area (Å²) in [5.74, 6) is -1.39. The first kappa shape index (κ1) is 20.7. The number of halogens is 1.